The van der Waals surface area contributed by atoms with E-state index in [1.807, 2.05) is 0 Å². The van der Waals surface area contributed by atoms with Gasteiger partial charge in [-0.25, -0.2) is 0 Å². The summed E-state index contributed by atoms with van der Waals surface area (Å²) in [6.07, 6.45) is 3.38. The van der Waals surface area contributed by atoms with E-state index in [0.29, 0.717) is 0 Å². The average Bonchev–Trinajstić information content (AvgIpc) is 2.03. The fourth-order valence-electron chi connectivity index (χ4n) is 0.742. The van der Waals surface area contributed by atoms with Crippen molar-refractivity contribution in [3.05, 3.63) is 0 Å². The summed E-state index contributed by atoms with van der Waals surface area (Å²) in [6, 6.07) is 0. The number of hydrogen-bond donors (Lipinski definition) is 0. The minimum absolute atomic E-state index is 0.847. The molecule has 0 heterocycles. The van der Waals surface area contributed by atoms with Crippen LogP contribution in [0.15, 0.2) is 20.5 Å². The zero-order valence-electron chi connectivity index (χ0n) is 7.32. The number of azo groups is 2. The Kier molecular flexibility index (Phi) is 8.53. The molecule has 0 aliphatic carbocycles. The van der Waals surface area contributed by atoms with Crippen molar-refractivity contribution in [1.82, 2.24) is 0 Å². The van der Waals surface area contributed by atoms with E-state index in [4.69, 9.17) is 0 Å². The topological polar surface area (TPSA) is 49.4 Å². The highest BCUT2D eigenvalue weighted by molar-refractivity contribution is 4.45. The molecular weight excluding hydrogens is 140 g/mol. The van der Waals surface area contributed by atoms with Crippen molar-refractivity contribution in [3.63, 3.8) is 0 Å². The van der Waals surface area contributed by atoms with E-state index in [-0.39, 0.29) is 0 Å². The third-order valence-electron chi connectivity index (χ3n) is 1.30. The van der Waals surface area contributed by atoms with Gasteiger partial charge in [0, 0.05) is 14.1 Å². The smallest absolute Gasteiger partial charge is 0.0598 e. The second-order valence-electron chi connectivity index (χ2n) is 2.19. The largest absolute Gasteiger partial charge is 0.198 e. The Morgan fingerprint density at radius 1 is 0.727 bits per heavy atom. The van der Waals surface area contributed by atoms with Gasteiger partial charge in [0.2, 0.25) is 0 Å². The molecule has 64 valence electrons. The normalized spacial score (nSPS) is 11.8. The van der Waals surface area contributed by atoms with Gasteiger partial charge in [-0.15, -0.1) is 0 Å². The maximum Gasteiger partial charge on any atom is 0.0598 e. The molecule has 0 unspecified atom stereocenters. The summed E-state index contributed by atoms with van der Waals surface area (Å²) < 4.78 is 0. The van der Waals surface area contributed by atoms with Crippen LogP contribution in [-0.4, -0.2) is 27.2 Å². The summed E-state index contributed by atoms with van der Waals surface area (Å²) in [7, 11) is 3.40. The molecule has 0 fully saturated rings. The Balaban J connectivity index is 2.90. The third-order valence-corrected chi connectivity index (χ3v) is 1.30. The Labute approximate surface area is 67.8 Å². The lowest BCUT2D eigenvalue weighted by atomic mass is 10.2. The molecule has 0 rings (SSSR count). The van der Waals surface area contributed by atoms with Gasteiger partial charge in [-0.05, 0) is 19.3 Å². The second kappa shape index (κ2) is 9.20. The fourth-order valence-corrected chi connectivity index (χ4v) is 0.742. The first-order chi connectivity index (χ1) is 5.41. The van der Waals surface area contributed by atoms with Gasteiger partial charge >= 0.3 is 0 Å². The summed E-state index contributed by atoms with van der Waals surface area (Å²) in [5.41, 5.74) is 0. The van der Waals surface area contributed by atoms with Crippen molar-refractivity contribution >= 4 is 0 Å². The third kappa shape index (κ3) is 9.20. The lowest BCUT2D eigenvalue weighted by molar-refractivity contribution is 0.672. The highest BCUT2D eigenvalue weighted by Gasteiger charge is 1.86. The summed E-state index contributed by atoms with van der Waals surface area (Å²) in [4.78, 5) is 0. The standard InChI is InChI=1S/C7H16N4/c1-8-10-6-4-3-5-7-11-9-2/h3-7H2,1-2H3. The summed E-state index contributed by atoms with van der Waals surface area (Å²) in [5, 5.41) is 15.0. The first-order valence-electron chi connectivity index (χ1n) is 3.93. The maximum atomic E-state index is 3.86. The summed E-state index contributed by atoms with van der Waals surface area (Å²) in [6.45, 7) is 1.69. The number of unbranched alkanes of at least 4 members (excludes halogenated alkanes) is 2. The molecule has 0 aliphatic heterocycles. The van der Waals surface area contributed by atoms with Crippen LogP contribution in [0.5, 0.6) is 0 Å². The van der Waals surface area contributed by atoms with Crippen LogP contribution in [0.4, 0.5) is 0 Å². The SMILES string of the molecule is CN=NCCCCCN=NC. The molecule has 0 saturated heterocycles. The average molecular weight is 156 g/mol. The van der Waals surface area contributed by atoms with E-state index in [9.17, 15) is 0 Å². The molecule has 4 heteroatoms. The van der Waals surface area contributed by atoms with Crippen LogP contribution in [0.3, 0.4) is 0 Å². The van der Waals surface area contributed by atoms with Crippen LogP contribution in [0.2, 0.25) is 0 Å². The second-order valence-corrected chi connectivity index (χ2v) is 2.19. The fraction of sp³-hybridized carbons (Fsp3) is 1.00. The first-order valence-corrected chi connectivity index (χ1v) is 3.93. The van der Waals surface area contributed by atoms with E-state index in [2.05, 4.69) is 20.5 Å². The van der Waals surface area contributed by atoms with Crippen LogP contribution >= 0.6 is 0 Å². The molecule has 11 heavy (non-hydrogen) atoms. The van der Waals surface area contributed by atoms with Gasteiger partial charge in [-0.2, -0.15) is 20.5 Å². The van der Waals surface area contributed by atoms with E-state index in [1.54, 1.807) is 14.1 Å². The molecule has 0 atom stereocenters. The molecule has 0 radical (unpaired) electrons. The quantitative estimate of drug-likeness (QED) is 0.418. The lowest BCUT2D eigenvalue weighted by Crippen LogP contribution is -1.83. The number of nitrogens with zero attached hydrogens (tertiary/aromatic N) is 4. The van der Waals surface area contributed by atoms with Crippen molar-refractivity contribution in [2.45, 2.75) is 19.3 Å². The van der Waals surface area contributed by atoms with Crippen LogP contribution in [0.1, 0.15) is 19.3 Å². The van der Waals surface area contributed by atoms with Gasteiger partial charge in [0.05, 0.1) is 13.1 Å². The molecule has 0 amide bonds. The predicted molar refractivity (Wildman–Crippen MR) is 45.1 cm³/mol. The van der Waals surface area contributed by atoms with E-state index < -0.39 is 0 Å². The van der Waals surface area contributed by atoms with Gasteiger partial charge in [0.15, 0.2) is 0 Å². The zero-order valence-corrected chi connectivity index (χ0v) is 7.32. The van der Waals surface area contributed by atoms with Gasteiger partial charge in [0.1, 0.15) is 0 Å². The highest BCUT2D eigenvalue weighted by Crippen LogP contribution is 1.96. The van der Waals surface area contributed by atoms with Gasteiger partial charge in [-0.3, -0.25) is 0 Å². The Hall–Kier alpha value is -0.800. The molecule has 0 saturated carbocycles. The Morgan fingerprint density at radius 3 is 1.55 bits per heavy atom. The minimum Gasteiger partial charge on any atom is -0.198 e. The van der Waals surface area contributed by atoms with Crippen molar-refractivity contribution < 1.29 is 0 Å². The predicted octanol–water partition coefficient (Wildman–Crippen LogP) is 2.32. The van der Waals surface area contributed by atoms with Gasteiger partial charge < -0.3 is 0 Å². The Bertz CT molecular complexity index is 106. The lowest BCUT2D eigenvalue weighted by Gasteiger charge is -1.92. The van der Waals surface area contributed by atoms with Gasteiger partial charge in [-0.1, -0.05) is 0 Å². The van der Waals surface area contributed by atoms with E-state index in [0.717, 1.165) is 32.4 Å². The van der Waals surface area contributed by atoms with Crippen LogP contribution in [0, 0.1) is 0 Å². The molecular formula is C7H16N4. The van der Waals surface area contributed by atoms with Crippen molar-refractivity contribution in [2.24, 2.45) is 20.5 Å². The molecule has 0 N–H and O–H groups in total. The minimum atomic E-state index is 0.847. The first kappa shape index (κ1) is 10.2. The monoisotopic (exact) mass is 156 g/mol. The van der Waals surface area contributed by atoms with Crippen molar-refractivity contribution in [1.29, 1.82) is 0 Å². The van der Waals surface area contributed by atoms with Gasteiger partial charge in [0.25, 0.3) is 0 Å². The summed E-state index contributed by atoms with van der Waals surface area (Å²) >= 11 is 0. The molecule has 0 aromatic rings. The molecule has 4 nitrogen and oxygen atoms in total. The zero-order chi connectivity index (χ0) is 8.36. The molecule has 0 aliphatic rings. The number of hydrogen-bond acceptors (Lipinski definition) is 4. The van der Waals surface area contributed by atoms with Crippen LogP contribution in [-0.2, 0) is 0 Å². The molecule has 0 bridgehead atoms. The van der Waals surface area contributed by atoms with Crippen LogP contribution < -0.4 is 0 Å². The Morgan fingerprint density at radius 2 is 1.18 bits per heavy atom. The number of rotatable bonds is 6. The van der Waals surface area contributed by atoms with E-state index >= 15 is 0 Å². The van der Waals surface area contributed by atoms with E-state index in [1.165, 1.54) is 0 Å². The van der Waals surface area contributed by atoms with Crippen LogP contribution in [0.25, 0.3) is 0 Å². The summed E-state index contributed by atoms with van der Waals surface area (Å²) in [5.74, 6) is 0. The van der Waals surface area contributed by atoms with Crippen molar-refractivity contribution in [2.75, 3.05) is 27.2 Å². The highest BCUT2D eigenvalue weighted by atomic mass is 15.1. The molecule has 0 aromatic carbocycles. The van der Waals surface area contributed by atoms with Crippen molar-refractivity contribution in [3.8, 4) is 0 Å². The molecule has 0 spiro atoms. The maximum absolute atomic E-state index is 3.86. The molecule has 0 aromatic heterocycles.